The first kappa shape index (κ1) is 20.4. The lowest BCUT2D eigenvalue weighted by Gasteiger charge is -2.52. The van der Waals surface area contributed by atoms with Gasteiger partial charge in [0.25, 0.3) is 0 Å². The Labute approximate surface area is 188 Å². The largest absolute Gasteiger partial charge is 0.764 e. The molecule has 5 rings (SSSR count). The van der Waals surface area contributed by atoms with Crippen LogP contribution in [0.4, 0.5) is 22.9 Å². The molecule has 8 heteroatoms. The summed E-state index contributed by atoms with van der Waals surface area (Å²) in [5.41, 5.74) is 3.59. The van der Waals surface area contributed by atoms with Gasteiger partial charge in [0, 0.05) is 41.3 Å². The maximum Gasteiger partial charge on any atom is 0.138 e. The van der Waals surface area contributed by atoms with Gasteiger partial charge in [-0.2, -0.15) is 0 Å². The third-order valence-corrected chi connectivity index (χ3v) is 7.23. The Morgan fingerprint density at radius 1 is 0.906 bits per heavy atom. The van der Waals surface area contributed by atoms with Crippen molar-refractivity contribution in [3.63, 3.8) is 0 Å². The van der Waals surface area contributed by atoms with Crippen LogP contribution in [0.1, 0.15) is 5.56 Å². The van der Waals surface area contributed by atoms with Gasteiger partial charge in [0.1, 0.15) is 5.82 Å². The van der Waals surface area contributed by atoms with Crippen molar-refractivity contribution in [3.8, 4) is 0 Å². The lowest BCUT2D eigenvalue weighted by molar-refractivity contribution is 0.461. The monoisotopic (exact) mass is 444 g/mol. The lowest BCUT2D eigenvalue weighted by atomic mass is 10.1. The third kappa shape index (κ3) is 3.91. The van der Waals surface area contributed by atoms with E-state index in [-0.39, 0.29) is 5.75 Å². The third-order valence-electron chi connectivity index (χ3n) is 5.46. The summed E-state index contributed by atoms with van der Waals surface area (Å²) in [6.07, 6.45) is 8.89. The molecule has 1 aliphatic rings. The Bertz CT molecular complexity index is 1170. The van der Waals surface area contributed by atoms with Crippen molar-refractivity contribution in [1.82, 2.24) is 15.0 Å². The molecule has 0 saturated heterocycles. The molecule has 3 aromatic heterocycles. The van der Waals surface area contributed by atoms with E-state index in [0.29, 0.717) is 18.0 Å². The average molecular weight is 445 g/mol. The first-order valence-electron chi connectivity index (χ1n) is 10.3. The molecule has 0 bridgehead atoms. The number of aromatic nitrogens is 3. The minimum Gasteiger partial charge on any atom is -0.764 e. The first-order chi connectivity index (χ1) is 15.6. The number of rotatable bonds is 5. The minimum absolute atomic E-state index is 0.162. The van der Waals surface area contributed by atoms with Crippen molar-refractivity contribution in [2.75, 3.05) is 22.1 Å². The molecule has 0 aliphatic carbocycles. The van der Waals surface area contributed by atoms with Crippen molar-refractivity contribution in [2.45, 2.75) is 11.4 Å². The Hall–Kier alpha value is -3.46. The van der Waals surface area contributed by atoms with E-state index in [1.165, 1.54) is 0 Å². The topological polar surface area (TPSA) is 88.4 Å². The molecule has 0 radical (unpaired) electrons. The second kappa shape index (κ2) is 8.58. The minimum atomic E-state index is -3.05. The van der Waals surface area contributed by atoms with Crippen LogP contribution >= 0.6 is 10.6 Å². The van der Waals surface area contributed by atoms with Crippen molar-refractivity contribution in [1.29, 1.82) is 0 Å². The van der Waals surface area contributed by atoms with E-state index in [1.807, 2.05) is 65.8 Å². The van der Waals surface area contributed by atoms with Crippen molar-refractivity contribution in [2.24, 2.45) is 0 Å². The average Bonchev–Trinajstić information content (AvgIpc) is 2.84. The number of fused-ring (bicyclic) bond motifs is 1. The van der Waals surface area contributed by atoms with E-state index in [1.54, 1.807) is 30.7 Å². The highest BCUT2D eigenvalue weighted by molar-refractivity contribution is 8.24. The van der Waals surface area contributed by atoms with Gasteiger partial charge >= 0.3 is 0 Å². The van der Waals surface area contributed by atoms with Gasteiger partial charge in [0.05, 0.1) is 36.0 Å². The number of pyridine rings is 3. The van der Waals surface area contributed by atoms with E-state index >= 15 is 0 Å². The molecular formula is C24H22N5O2S-. The molecule has 1 unspecified atom stereocenters. The molecular weight excluding hydrogens is 422 g/mol. The van der Waals surface area contributed by atoms with Crippen molar-refractivity contribution >= 4 is 33.5 Å². The van der Waals surface area contributed by atoms with Gasteiger partial charge in [-0.3, -0.25) is 9.97 Å². The highest BCUT2D eigenvalue weighted by Gasteiger charge is 2.27. The molecule has 1 atom stereocenters. The van der Waals surface area contributed by atoms with Crippen LogP contribution in [0, 0.1) is 0 Å². The highest BCUT2D eigenvalue weighted by Crippen LogP contribution is 2.56. The van der Waals surface area contributed by atoms with E-state index in [9.17, 15) is 9.11 Å². The molecule has 0 spiro atoms. The molecule has 0 saturated carbocycles. The zero-order valence-corrected chi connectivity index (χ0v) is 18.1. The molecule has 0 amide bonds. The second-order valence-corrected chi connectivity index (χ2v) is 9.59. The maximum absolute atomic E-state index is 12.7. The van der Waals surface area contributed by atoms with E-state index in [0.717, 1.165) is 28.4 Å². The van der Waals surface area contributed by atoms with Gasteiger partial charge in [-0.25, -0.2) is 4.98 Å². The quantitative estimate of drug-likeness (QED) is 0.456. The Kier molecular flexibility index (Phi) is 5.48. The van der Waals surface area contributed by atoms with Crippen LogP contribution < -0.4 is 9.80 Å². The van der Waals surface area contributed by atoms with Crippen LogP contribution in [0.3, 0.4) is 0 Å². The van der Waals surface area contributed by atoms with E-state index in [4.69, 9.17) is 0 Å². The molecule has 1 aliphatic heterocycles. The summed E-state index contributed by atoms with van der Waals surface area (Å²) >= 11 is 0. The smallest absolute Gasteiger partial charge is 0.138 e. The summed E-state index contributed by atoms with van der Waals surface area (Å²) < 4.78 is 23.2. The van der Waals surface area contributed by atoms with Crippen LogP contribution in [0.25, 0.3) is 0 Å². The highest BCUT2D eigenvalue weighted by atomic mass is 32.3. The fourth-order valence-electron chi connectivity index (χ4n) is 3.94. The van der Waals surface area contributed by atoms with E-state index < -0.39 is 10.6 Å². The number of para-hydroxylation sites is 1. The van der Waals surface area contributed by atoms with Gasteiger partial charge in [0.2, 0.25) is 0 Å². The fraction of sp³-hybridized carbons (Fsp3) is 0.125. The maximum atomic E-state index is 12.7. The van der Waals surface area contributed by atoms with Crippen LogP contribution in [0.5, 0.6) is 0 Å². The van der Waals surface area contributed by atoms with Crippen molar-refractivity contribution in [3.05, 3.63) is 97.2 Å². The van der Waals surface area contributed by atoms with Gasteiger partial charge < -0.3 is 29.5 Å². The first-order valence-corrected chi connectivity index (χ1v) is 11.9. The molecule has 4 aromatic rings. The molecule has 162 valence electrons. The number of hydrogen-bond donors (Lipinski definition) is 1. The zero-order chi connectivity index (χ0) is 22.0. The Morgan fingerprint density at radius 3 is 2.28 bits per heavy atom. The summed E-state index contributed by atoms with van der Waals surface area (Å²) in [6.45, 7) is 0.948. The molecule has 1 aromatic carbocycles. The Morgan fingerprint density at radius 2 is 1.59 bits per heavy atom. The SMILES string of the molecule is [O-]S1(O)CCN(c2ncccc2CN(c2cccnc2)c2cccnc2)c2ccccc21. The lowest BCUT2D eigenvalue weighted by Crippen LogP contribution is -2.32. The Balaban J connectivity index is 1.57. The number of benzene rings is 1. The van der Waals surface area contributed by atoms with E-state index in [2.05, 4.69) is 19.9 Å². The predicted molar refractivity (Wildman–Crippen MR) is 126 cm³/mol. The summed E-state index contributed by atoms with van der Waals surface area (Å²) in [5.74, 6) is 0.933. The molecule has 0 fully saturated rings. The molecule has 1 N–H and O–H groups in total. The predicted octanol–water partition coefficient (Wildman–Crippen LogP) is 5.13. The zero-order valence-electron chi connectivity index (χ0n) is 17.3. The normalized spacial score (nSPS) is 19.6. The van der Waals surface area contributed by atoms with Gasteiger partial charge in [0.15, 0.2) is 0 Å². The summed E-state index contributed by atoms with van der Waals surface area (Å²) in [6, 6.07) is 19.1. The van der Waals surface area contributed by atoms with Crippen LogP contribution in [-0.4, -0.2) is 36.4 Å². The van der Waals surface area contributed by atoms with Gasteiger partial charge in [-0.1, -0.05) is 18.2 Å². The number of anilines is 4. The second-order valence-electron chi connectivity index (χ2n) is 7.46. The van der Waals surface area contributed by atoms with Crippen LogP contribution in [0.15, 0.2) is 96.5 Å². The summed E-state index contributed by atoms with van der Waals surface area (Å²) in [4.78, 5) is 17.9. The summed E-state index contributed by atoms with van der Waals surface area (Å²) in [7, 11) is -3.05. The molecule has 4 heterocycles. The van der Waals surface area contributed by atoms with Gasteiger partial charge in [-0.15, -0.1) is 0 Å². The molecule has 7 nitrogen and oxygen atoms in total. The van der Waals surface area contributed by atoms with Gasteiger partial charge in [-0.05, 0) is 42.5 Å². The fourth-order valence-corrected chi connectivity index (χ4v) is 5.39. The summed E-state index contributed by atoms with van der Waals surface area (Å²) in [5, 5.41) is 0. The standard InChI is InChI=1S/C24H23N5O2S/c30-32(31)15-14-28(22-9-1-2-10-23(22)32)24-19(6-3-13-27-24)18-29(20-7-4-11-25-16-20)21-8-5-12-26-17-21/h1-13,16-17,30-31H,14-15,18H2/p-1. The molecule has 32 heavy (non-hydrogen) atoms. The number of hydrogen-bond acceptors (Lipinski definition) is 7. The van der Waals surface area contributed by atoms with Crippen LogP contribution in [0.2, 0.25) is 0 Å². The van der Waals surface area contributed by atoms with Crippen molar-refractivity contribution < 1.29 is 9.11 Å². The number of nitrogens with zero attached hydrogens (tertiary/aromatic N) is 5. The van der Waals surface area contributed by atoms with Crippen LogP contribution in [-0.2, 0) is 6.54 Å².